The lowest BCUT2D eigenvalue weighted by Gasteiger charge is -2.25. The summed E-state index contributed by atoms with van der Waals surface area (Å²) in [5.74, 6) is 0.756. The summed E-state index contributed by atoms with van der Waals surface area (Å²) in [6.45, 7) is 6.38. The number of amides is 1. The number of carbonyl (C=O) groups excluding carboxylic acids is 1. The van der Waals surface area contributed by atoms with Gasteiger partial charge in [0.15, 0.2) is 0 Å². The Morgan fingerprint density at radius 2 is 1.83 bits per heavy atom. The first kappa shape index (κ1) is 24.4. The lowest BCUT2D eigenvalue weighted by atomic mass is 10.3. The molecule has 0 radical (unpaired) electrons. The van der Waals surface area contributed by atoms with E-state index in [-0.39, 0.29) is 26.9 Å². The maximum Gasteiger partial charge on any atom is 0.264 e. The van der Waals surface area contributed by atoms with Crippen LogP contribution in [0.2, 0.25) is 5.02 Å². The number of ether oxygens (including phenoxy) is 1. The Morgan fingerprint density at radius 1 is 1.17 bits per heavy atom. The summed E-state index contributed by atoms with van der Waals surface area (Å²) in [5.41, 5.74) is 0.281. The molecule has 0 fully saturated rings. The standard InChI is InChI=1S/C21H27ClN2O4S2/c1-21(2,3)29-13-12-23-20(25)15-24(16-10-11-19(28-4)18(22)14-16)30(26,27)17-8-6-5-7-9-17/h5-11,14H,12-13,15H2,1-4H3,(H,23,25). The first-order valence-electron chi connectivity index (χ1n) is 9.36. The third-order valence-electron chi connectivity index (χ3n) is 4.00. The summed E-state index contributed by atoms with van der Waals surface area (Å²) in [5, 5.41) is 3.05. The second-order valence-electron chi connectivity index (χ2n) is 7.45. The van der Waals surface area contributed by atoms with Crippen LogP contribution in [0.5, 0.6) is 5.75 Å². The normalized spacial score (nSPS) is 11.8. The Labute approximate surface area is 188 Å². The predicted molar refractivity (Wildman–Crippen MR) is 124 cm³/mol. The van der Waals surface area contributed by atoms with E-state index in [1.54, 1.807) is 42.1 Å². The van der Waals surface area contributed by atoms with Crippen molar-refractivity contribution in [2.75, 3.05) is 30.3 Å². The summed E-state index contributed by atoms with van der Waals surface area (Å²) in [7, 11) is -2.50. The number of hydrogen-bond donors (Lipinski definition) is 1. The molecule has 0 spiro atoms. The number of sulfonamides is 1. The van der Waals surface area contributed by atoms with Crippen LogP contribution >= 0.6 is 23.4 Å². The van der Waals surface area contributed by atoms with Crippen molar-refractivity contribution in [2.45, 2.75) is 30.4 Å². The number of thioether (sulfide) groups is 1. The van der Waals surface area contributed by atoms with Gasteiger partial charge in [0, 0.05) is 17.0 Å². The van der Waals surface area contributed by atoms with Crippen molar-refractivity contribution in [1.29, 1.82) is 0 Å². The van der Waals surface area contributed by atoms with Gasteiger partial charge in [0.05, 0.1) is 22.7 Å². The zero-order chi connectivity index (χ0) is 22.4. The zero-order valence-electron chi connectivity index (χ0n) is 17.5. The molecular weight excluding hydrogens is 444 g/mol. The Hall–Kier alpha value is -1.90. The molecule has 0 unspecified atom stereocenters. The van der Waals surface area contributed by atoms with Gasteiger partial charge in [-0.05, 0) is 30.3 Å². The number of anilines is 1. The van der Waals surface area contributed by atoms with Crippen LogP contribution < -0.4 is 14.4 Å². The van der Waals surface area contributed by atoms with E-state index in [0.717, 1.165) is 10.1 Å². The van der Waals surface area contributed by atoms with Crippen molar-refractivity contribution in [3.63, 3.8) is 0 Å². The van der Waals surface area contributed by atoms with Crippen LogP contribution in [0.25, 0.3) is 0 Å². The number of hydrogen-bond acceptors (Lipinski definition) is 5. The topological polar surface area (TPSA) is 75.7 Å². The van der Waals surface area contributed by atoms with Gasteiger partial charge in [-0.1, -0.05) is 50.6 Å². The Morgan fingerprint density at radius 3 is 2.40 bits per heavy atom. The summed E-state index contributed by atoms with van der Waals surface area (Å²) in [4.78, 5) is 12.6. The Balaban J connectivity index is 2.26. The van der Waals surface area contributed by atoms with Crippen LogP contribution in [0.15, 0.2) is 53.4 Å². The number of rotatable bonds is 9. The molecule has 1 amide bonds. The minimum Gasteiger partial charge on any atom is -0.495 e. The summed E-state index contributed by atoms with van der Waals surface area (Å²) in [6.07, 6.45) is 0. The van der Waals surface area contributed by atoms with Gasteiger partial charge in [-0.3, -0.25) is 9.10 Å². The minimum atomic E-state index is -3.97. The smallest absolute Gasteiger partial charge is 0.264 e. The fraction of sp³-hybridized carbons (Fsp3) is 0.381. The fourth-order valence-electron chi connectivity index (χ4n) is 2.58. The molecule has 30 heavy (non-hydrogen) atoms. The molecule has 0 bridgehead atoms. The van der Waals surface area contributed by atoms with Crippen molar-refractivity contribution in [2.24, 2.45) is 0 Å². The van der Waals surface area contributed by atoms with E-state index in [2.05, 4.69) is 26.1 Å². The lowest BCUT2D eigenvalue weighted by Crippen LogP contribution is -2.41. The first-order valence-corrected chi connectivity index (χ1v) is 12.2. The Bertz CT molecular complexity index is 961. The van der Waals surface area contributed by atoms with Gasteiger partial charge in [-0.25, -0.2) is 8.42 Å². The molecule has 0 saturated carbocycles. The minimum absolute atomic E-state index is 0.0905. The van der Waals surface area contributed by atoms with Gasteiger partial charge < -0.3 is 10.1 Å². The molecule has 164 valence electrons. The van der Waals surface area contributed by atoms with E-state index in [9.17, 15) is 13.2 Å². The van der Waals surface area contributed by atoms with Crippen LogP contribution in [0.4, 0.5) is 5.69 Å². The molecule has 0 saturated heterocycles. The highest BCUT2D eigenvalue weighted by molar-refractivity contribution is 8.00. The molecule has 2 rings (SSSR count). The van der Waals surface area contributed by atoms with Gasteiger partial charge in [-0.15, -0.1) is 0 Å². The highest BCUT2D eigenvalue weighted by Crippen LogP contribution is 2.31. The van der Waals surface area contributed by atoms with E-state index >= 15 is 0 Å². The molecule has 6 nitrogen and oxygen atoms in total. The molecule has 9 heteroatoms. The Kier molecular flexibility index (Phi) is 8.46. The van der Waals surface area contributed by atoms with E-state index in [1.165, 1.54) is 25.3 Å². The van der Waals surface area contributed by atoms with Crippen molar-refractivity contribution >= 4 is 45.0 Å². The lowest BCUT2D eigenvalue weighted by molar-refractivity contribution is -0.119. The molecule has 0 heterocycles. The van der Waals surface area contributed by atoms with Crippen molar-refractivity contribution in [1.82, 2.24) is 5.32 Å². The van der Waals surface area contributed by atoms with Crippen LogP contribution in [-0.2, 0) is 14.8 Å². The van der Waals surface area contributed by atoms with E-state index in [4.69, 9.17) is 16.3 Å². The molecule has 0 aliphatic heterocycles. The van der Waals surface area contributed by atoms with E-state index in [1.807, 2.05) is 0 Å². The molecule has 0 aliphatic carbocycles. The van der Waals surface area contributed by atoms with E-state index < -0.39 is 15.9 Å². The summed E-state index contributed by atoms with van der Waals surface area (Å²) < 4.78 is 32.8. The largest absolute Gasteiger partial charge is 0.495 e. The first-order chi connectivity index (χ1) is 14.0. The van der Waals surface area contributed by atoms with Crippen LogP contribution in [0.3, 0.4) is 0 Å². The molecule has 0 atom stereocenters. The van der Waals surface area contributed by atoms with Gasteiger partial charge in [0.1, 0.15) is 12.3 Å². The predicted octanol–water partition coefficient (Wildman–Crippen LogP) is 4.19. The number of benzene rings is 2. The second-order valence-corrected chi connectivity index (χ2v) is 11.6. The van der Waals surface area contributed by atoms with Gasteiger partial charge in [0.2, 0.25) is 5.91 Å². The van der Waals surface area contributed by atoms with Crippen molar-refractivity contribution in [3.8, 4) is 5.75 Å². The van der Waals surface area contributed by atoms with Crippen molar-refractivity contribution < 1.29 is 17.9 Å². The fourth-order valence-corrected chi connectivity index (χ4v) is 5.08. The van der Waals surface area contributed by atoms with Gasteiger partial charge in [0.25, 0.3) is 10.0 Å². The maximum atomic E-state index is 13.3. The van der Waals surface area contributed by atoms with E-state index in [0.29, 0.717) is 12.3 Å². The number of methoxy groups -OCH3 is 1. The molecular formula is C21H27ClN2O4S2. The quantitative estimate of drug-likeness (QED) is 0.556. The van der Waals surface area contributed by atoms with Crippen molar-refractivity contribution in [3.05, 3.63) is 53.6 Å². The SMILES string of the molecule is COc1ccc(N(CC(=O)NCCSC(C)(C)C)S(=O)(=O)c2ccccc2)cc1Cl. The number of carbonyl (C=O) groups is 1. The zero-order valence-corrected chi connectivity index (χ0v) is 19.9. The highest BCUT2D eigenvalue weighted by Gasteiger charge is 2.27. The molecule has 2 aromatic rings. The summed E-state index contributed by atoms with van der Waals surface area (Å²) >= 11 is 7.92. The number of halogens is 1. The van der Waals surface area contributed by atoms with Gasteiger partial charge >= 0.3 is 0 Å². The third-order valence-corrected chi connectivity index (χ3v) is 7.36. The average molecular weight is 471 g/mol. The second kappa shape index (κ2) is 10.4. The average Bonchev–Trinajstić information content (AvgIpc) is 2.69. The maximum absolute atomic E-state index is 13.3. The number of nitrogens with one attached hydrogen (secondary N) is 1. The van der Waals surface area contributed by atoms with Crippen LogP contribution in [0, 0.1) is 0 Å². The highest BCUT2D eigenvalue weighted by atomic mass is 35.5. The number of nitrogens with zero attached hydrogens (tertiary/aromatic N) is 1. The third kappa shape index (κ3) is 6.82. The molecule has 0 aromatic heterocycles. The van der Waals surface area contributed by atoms with Crippen LogP contribution in [-0.4, -0.2) is 45.0 Å². The molecule has 2 aromatic carbocycles. The van der Waals surface area contributed by atoms with Gasteiger partial charge in [-0.2, -0.15) is 11.8 Å². The summed E-state index contributed by atoms with van der Waals surface area (Å²) in [6, 6.07) is 12.6. The molecule has 1 N–H and O–H groups in total. The molecule has 0 aliphatic rings. The monoisotopic (exact) mass is 470 g/mol. The van der Waals surface area contributed by atoms with Crippen LogP contribution in [0.1, 0.15) is 20.8 Å².